The minimum Gasteiger partial charge on any atom is -0.363 e. The lowest BCUT2D eigenvalue weighted by Gasteiger charge is -2.34. The predicted molar refractivity (Wildman–Crippen MR) is 104 cm³/mol. The van der Waals surface area contributed by atoms with E-state index in [0.717, 1.165) is 50.1 Å². The van der Waals surface area contributed by atoms with Gasteiger partial charge in [0.25, 0.3) is 0 Å². The third-order valence-electron chi connectivity index (χ3n) is 4.95. The van der Waals surface area contributed by atoms with E-state index in [2.05, 4.69) is 14.8 Å². The molecule has 6 nitrogen and oxygen atoms in total. The van der Waals surface area contributed by atoms with Gasteiger partial charge in [0.2, 0.25) is 5.95 Å². The lowest BCUT2D eigenvalue weighted by atomic mass is 10.0. The maximum absolute atomic E-state index is 4.91. The van der Waals surface area contributed by atoms with Crippen molar-refractivity contribution in [2.24, 2.45) is 0 Å². The first-order valence-corrected chi connectivity index (χ1v) is 9.93. The lowest BCUT2D eigenvalue weighted by molar-refractivity contribution is 0.634. The van der Waals surface area contributed by atoms with Crippen LogP contribution in [0.1, 0.15) is 29.1 Å². The maximum Gasteiger partial charge on any atom is 0.227 e. The molecule has 1 saturated heterocycles. The number of aromatic nitrogens is 3. The van der Waals surface area contributed by atoms with Crippen molar-refractivity contribution in [2.45, 2.75) is 32.6 Å². The molecule has 0 radical (unpaired) electrons. The van der Waals surface area contributed by atoms with E-state index >= 15 is 0 Å². The molecule has 0 N–H and O–H groups in total. The molecule has 0 bridgehead atoms. The Morgan fingerprint density at radius 3 is 2.40 bits per heavy atom. The number of anilines is 3. The van der Waals surface area contributed by atoms with Gasteiger partial charge in [-0.25, -0.2) is 9.97 Å². The van der Waals surface area contributed by atoms with Gasteiger partial charge in [0, 0.05) is 56.9 Å². The number of piperazine rings is 1. The quantitative estimate of drug-likeness (QED) is 0.840. The molecule has 2 aliphatic rings. The average Bonchev–Trinajstić information content (AvgIpc) is 3.05. The van der Waals surface area contributed by atoms with E-state index in [1.54, 1.807) is 0 Å². The van der Waals surface area contributed by atoms with E-state index in [-0.39, 0.29) is 0 Å². The number of fused-ring (bicyclic) bond motifs is 1. The Hall–Kier alpha value is -1.89. The molecule has 4 rings (SSSR count). The summed E-state index contributed by atoms with van der Waals surface area (Å²) >= 11 is 1.91. The molecule has 1 aliphatic carbocycles. The van der Waals surface area contributed by atoms with Crippen LogP contribution in [0.2, 0.25) is 0 Å². The van der Waals surface area contributed by atoms with Gasteiger partial charge in [-0.1, -0.05) is 0 Å². The second-order valence-corrected chi connectivity index (χ2v) is 8.17. The Kier molecular flexibility index (Phi) is 4.50. The van der Waals surface area contributed by atoms with Gasteiger partial charge in [0.15, 0.2) is 5.13 Å². The van der Waals surface area contributed by atoms with Crippen LogP contribution in [0.4, 0.5) is 16.9 Å². The molecule has 0 aromatic carbocycles. The monoisotopic (exact) mass is 358 g/mol. The van der Waals surface area contributed by atoms with Gasteiger partial charge >= 0.3 is 0 Å². The number of nitrogens with zero attached hydrogens (tertiary/aromatic N) is 6. The molecule has 7 heteroatoms. The van der Waals surface area contributed by atoms with Crippen LogP contribution in [-0.2, 0) is 12.8 Å². The predicted octanol–water partition coefficient (Wildman–Crippen LogP) is 2.51. The zero-order chi connectivity index (χ0) is 17.4. The summed E-state index contributed by atoms with van der Waals surface area (Å²) in [5.41, 5.74) is 2.37. The molecule has 2 aromatic heterocycles. The van der Waals surface area contributed by atoms with Gasteiger partial charge in [0.1, 0.15) is 5.82 Å². The normalized spacial score (nSPS) is 17.6. The Morgan fingerprint density at radius 1 is 0.960 bits per heavy atom. The van der Waals surface area contributed by atoms with Crippen molar-refractivity contribution < 1.29 is 0 Å². The third kappa shape index (κ3) is 3.42. The number of hydrogen-bond donors (Lipinski definition) is 0. The summed E-state index contributed by atoms with van der Waals surface area (Å²) in [5, 5.41) is 1.21. The van der Waals surface area contributed by atoms with Gasteiger partial charge in [-0.3, -0.25) is 0 Å². The van der Waals surface area contributed by atoms with Crippen molar-refractivity contribution in [3.8, 4) is 0 Å². The molecule has 0 atom stereocenters. The largest absolute Gasteiger partial charge is 0.363 e. The van der Waals surface area contributed by atoms with Crippen molar-refractivity contribution in [3.63, 3.8) is 0 Å². The molecule has 0 spiro atoms. The zero-order valence-corrected chi connectivity index (χ0v) is 16.1. The summed E-state index contributed by atoms with van der Waals surface area (Å²) in [4.78, 5) is 22.6. The Balaban J connectivity index is 1.45. The summed E-state index contributed by atoms with van der Waals surface area (Å²) in [6.07, 6.45) is 5.00. The van der Waals surface area contributed by atoms with E-state index in [0.29, 0.717) is 0 Å². The zero-order valence-electron chi connectivity index (χ0n) is 15.3. The minimum absolute atomic E-state index is 0.849. The highest BCUT2D eigenvalue weighted by Gasteiger charge is 2.24. The van der Waals surface area contributed by atoms with Crippen molar-refractivity contribution in [3.05, 3.63) is 22.3 Å². The van der Waals surface area contributed by atoms with Crippen LogP contribution in [0.25, 0.3) is 0 Å². The SMILES string of the molecule is Cc1cc(N(C)C)nc(N2CCN(c3nc4c(s3)CCCC4)CC2)n1. The van der Waals surface area contributed by atoms with Crippen molar-refractivity contribution in [1.29, 1.82) is 0 Å². The van der Waals surface area contributed by atoms with Crippen LogP contribution >= 0.6 is 11.3 Å². The van der Waals surface area contributed by atoms with Crippen LogP contribution in [0.15, 0.2) is 6.07 Å². The highest BCUT2D eigenvalue weighted by Crippen LogP contribution is 2.32. The summed E-state index contributed by atoms with van der Waals surface area (Å²) in [6.45, 7) is 5.90. The second kappa shape index (κ2) is 6.78. The number of rotatable bonds is 3. The molecule has 25 heavy (non-hydrogen) atoms. The highest BCUT2D eigenvalue weighted by atomic mass is 32.1. The van der Waals surface area contributed by atoms with Gasteiger partial charge in [-0.2, -0.15) is 4.98 Å². The van der Waals surface area contributed by atoms with E-state index in [1.165, 1.54) is 35.0 Å². The standard InChI is InChI=1S/C18H26N6S/c1-13-12-16(22(2)3)21-17(19-13)23-8-10-24(11-9-23)18-20-14-6-4-5-7-15(14)25-18/h12H,4-11H2,1-3H3. The Morgan fingerprint density at radius 2 is 1.68 bits per heavy atom. The highest BCUT2D eigenvalue weighted by molar-refractivity contribution is 7.15. The summed E-state index contributed by atoms with van der Waals surface area (Å²) in [5.74, 6) is 1.82. The molecular formula is C18H26N6S. The third-order valence-corrected chi connectivity index (χ3v) is 6.17. The second-order valence-electron chi connectivity index (χ2n) is 7.11. The van der Waals surface area contributed by atoms with Gasteiger partial charge in [-0.15, -0.1) is 11.3 Å². The molecule has 1 aliphatic heterocycles. The molecular weight excluding hydrogens is 332 g/mol. The van der Waals surface area contributed by atoms with Crippen molar-refractivity contribution >= 4 is 28.2 Å². The summed E-state index contributed by atoms with van der Waals surface area (Å²) in [6, 6.07) is 2.03. The average molecular weight is 359 g/mol. The van der Waals surface area contributed by atoms with Crippen molar-refractivity contribution in [2.75, 3.05) is 55.0 Å². The molecule has 3 heterocycles. The van der Waals surface area contributed by atoms with Crippen LogP contribution in [-0.4, -0.2) is 55.2 Å². The molecule has 2 aromatic rings. The van der Waals surface area contributed by atoms with E-state index < -0.39 is 0 Å². The summed E-state index contributed by atoms with van der Waals surface area (Å²) in [7, 11) is 4.04. The van der Waals surface area contributed by atoms with Crippen LogP contribution < -0.4 is 14.7 Å². The molecule has 1 fully saturated rings. The van der Waals surface area contributed by atoms with E-state index in [9.17, 15) is 0 Å². The van der Waals surface area contributed by atoms with Crippen molar-refractivity contribution in [1.82, 2.24) is 15.0 Å². The van der Waals surface area contributed by atoms with Gasteiger partial charge in [-0.05, 0) is 32.6 Å². The molecule has 134 valence electrons. The first-order chi connectivity index (χ1) is 12.1. The lowest BCUT2D eigenvalue weighted by Crippen LogP contribution is -2.47. The fourth-order valence-corrected chi connectivity index (χ4v) is 4.68. The smallest absolute Gasteiger partial charge is 0.227 e. The number of aryl methyl sites for hydroxylation is 3. The maximum atomic E-state index is 4.91. The summed E-state index contributed by atoms with van der Waals surface area (Å²) < 4.78 is 0. The number of thiazole rings is 1. The first kappa shape index (κ1) is 16.6. The number of hydrogen-bond acceptors (Lipinski definition) is 7. The van der Waals surface area contributed by atoms with Gasteiger partial charge < -0.3 is 14.7 Å². The van der Waals surface area contributed by atoms with E-state index in [1.807, 2.05) is 43.3 Å². The molecule has 0 amide bonds. The molecule has 0 saturated carbocycles. The van der Waals surface area contributed by atoms with Crippen LogP contribution in [0.5, 0.6) is 0 Å². The minimum atomic E-state index is 0.849. The van der Waals surface area contributed by atoms with Gasteiger partial charge in [0.05, 0.1) is 5.69 Å². The Bertz CT molecular complexity index is 725. The fourth-order valence-electron chi connectivity index (χ4n) is 3.48. The van der Waals surface area contributed by atoms with Crippen LogP contribution in [0.3, 0.4) is 0 Å². The Labute approximate surface area is 153 Å². The fraction of sp³-hybridized carbons (Fsp3) is 0.611. The first-order valence-electron chi connectivity index (χ1n) is 9.11. The topological polar surface area (TPSA) is 48.4 Å². The van der Waals surface area contributed by atoms with Crippen LogP contribution in [0, 0.1) is 6.92 Å². The molecule has 0 unspecified atom stereocenters. The van der Waals surface area contributed by atoms with E-state index in [4.69, 9.17) is 9.97 Å².